The van der Waals surface area contributed by atoms with E-state index in [2.05, 4.69) is 0 Å². The van der Waals surface area contributed by atoms with E-state index in [4.69, 9.17) is 46.5 Å². The van der Waals surface area contributed by atoms with Crippen molar-refractivity contribution in [2.75, 3.05) is 0 Å². The Morgan fingerprint density at radius 2 is 0.450 bits per heavy atom. The van der Waals surface area contributed by atoms with E-state index in [1.165, 1.54) is 0 Å². The van der Waals surface area contributed by atoms with Gasteiger partial charge in [0.2, 0.25) is 0 Å². The van der Waals surface area contributed by atoms with Gasteiger partial charge < -0.3 is 28.4 Å². The zero-order valence-electron chi connectivity index (χ0n) is 43.8. The summed E-state index contributed by atoms with van der Waals surface area (Å²) >= 11 is 0. The maximum atomic E-state index is 16.0. The fourth-order valence-electron chi connectivity index (χ4n) is 8.82. The van der Waals surface area contributed by atoms with Crippen LogP contribution in [0.4, 0.5) is 9.59 Å². The van der Waals surface area contributed by atoms with Crippen LogP contribution in [0.15, 0.2) is 243 Å². The van der Waals surface area contributed by atoms with Gasteiger partial charge in [-0.05, 0) is 44.5 Å². The number of carbonyl (C=O) groups excluding carboxylic acids is 2. The first-order chi connectivity index (χ1) is 39.2. The maximum Gasteiger partial charge on any atom is 0.439 e. The van der Waals surface area contributed by atoms with Gasteiger partial charge in [0.05, 0.1) is 39.6 Å². The number of rotatable bonds is 28. The van der Waals surface area contributed by atoms with Crippen molar-refractivity contribution in [1.82, 2.24) is 0 Å². The first kappa shape index (κ1) is 57.5. The molecule has 0 spiro atoms. The van der Waals surface area contributed by atoms with Gasteiger partial charge in [-0.1, -0.05) is 243 Å². The third kappa shape index (κ3) is 16.5. The number of benzene rings is 8. The zero-order chi connectivity index (χ0) is 55.2. The van der Waals surface area contributed by atoms with E-state index in [0.29, 0.717) is 33.4 Å². The molecule has 1 fully saturated rings. The van der Waals surface area contributed by atoms with Gasteiger partial charge in [-0.15, -0.1) is 0 Å². The summed E-state index contributed by atoms with van der Waals surface area (Å²) in [6.07, 6.45) is -9.13. The molecule has 2 unspecified atom stereocenters. The number of hydrogen-bond donors (Lipinski definition) is 0. The van der Waals surface area contributed by atoms with E-state index in [9.17, 15) is 9.59 Å². The van der Waals surface area contributed by atoms with Gasteiger partial charge in [-0.25, -0.2) is 18.7 Å². The second-order valence-electron chi connectivity index (χ2n) is 18.8. The van der Waals surface area contributed by atoms with Gasteiger partial charge in [0, 0.05) is 0 Å². The number of hydrogen-bond acceptors (Lipinski definition) is 14. The summed E-state index contributed by atoms with van der Waals surface area (Å²) in [6.45, 7) is -1.65. The van der Waals surface area contributed by atoms with Crippen molar-refractivity contribution in [1.29, 1.82) is 0 Å². The number of carbonyl (C=O) groups is 2. The molecule has 0 saturated heterocycles. The largest absolute Gasteiger partial charge is 0.452 e. The fraction of sp³-hybridized carbons (Fsp3) is 0.219. The summed E-state index contributed by atoms with van der Waals surface area (Å²) in [5.74, 6) is 0. The molecular weight excluding hydrogens is 1050 g/mol. The minimum atomic E-state index is -5.27. The molecule has 8 atom stereocenters. The van der Waals surface area contributed by atoms with E-state index in [1.54, 1.807) is 109 Å². The fourth-order valence-corrected chi connectivity index (χ4v) is 11.5. The molecule has 0 aliphatic heterocycles. The molecule has 1 aliphatic carbocycles. The van der Waals surface area contributed by atoms with Crippen LogP contribution in [-0.2, 0) is 109 Å². The molecule has 1 saturated carbocycles. The lowest BCUT2D eigenvalue weighted by Crippen LogP contribution is -2.67. The third-order valence-corrected chi connectivity index (χ3v) is 16.1. The van der Waals surface area contributed by atoms with E-state index in [-0.39, 0.29) is 52.9 Å². The van der Waals surface area contributed by atoms with Crippen molar-refractivity contribution in [3.8, 4) is 0 Å². The molecule has 80 heavy (non-hydrogen) atoms. The quantitative estimate of drug-likeness (QED) is 0.0426. The summed E-state index contributed by atoms with van der Waals surface area (Å²) in [7, 11) is -10.5. The monoisotopic (exact) mass is 1120 g/mol. The summed E-state index contributed by atoms with van der Waals surface area (Å²) in [5.41, 5.74) is 2.53. The lowest BCUT2D eigenvalue weighted by molar-refractivity contribution is -0.266. The van der Waals surface area contributed by atoms with Crippen molar-refractivity contribution >= 4 is 26.6 Å². The first-order valence-electron chi connectivity index (χ1n) is 26.2. The SMILES string of the molecule is O=C(OCc1ccccc1)P(=O)(OCc1ccccc1)O[C@@H]1[C@@H](OCc2ccccc2)[C@H](OCc2ccccc2)[C@@H](OCc2ccccc2)[C@H](OCc2ccccc2)[C@@H]1OP(=O)(OCc1ccccc1)C(=O)OCc1ccccc1. The highest BCUT2D eigenvalue weighted by atomic mass is 31.2. The molecule has 8 aromatic rings. The van der Waals surface area contributed by atoms with E-state index < -0.39 is 63.2 Å². The zero-order valence-corrected chi connectivity index (χ0v) is 45.6. The highest BCUT2D eigenvalue weighted by molar-refractivity contribution is 7.71. The van der Waals surface area contributed by atoms with Gasteiger partial charge in [-0.2, -0.15) is 0 Å². The van der Waals surface area contributed by atoms with Crippen molar-refractivity contribution in [2.24, 2.45) is 0 Å². The Morgan fingerprint density at radius 1 is 0.263 bits per heavy atom. The molecule has 0 N–H and O–H groups in total. The Balaban J connectivity index is 1.22. The summed E-state index contributed by atoms with van der Waals surface area (Å²) in [5, 5.41) is 0. The summed E-state index contributed by atoms with van der Waals surface area (Å²) in [6, 6.07) is 72.6. The first-order valence-corrected chi connectivity index (χ1v) is 29.3. The predicted molar refractivity (Wildman–Crippen MR) is 301 cm³/mol. The van der Waals surface area contributed by atoms with Crippen LogP contribution in [0.5, 0.6) is 0 Å². The minimum absolute atomic E-state index is 0.0165. The van der Waals surface area contributed by atoms with Gasteiger partial charge >= 0.3 is 26.6 Å². The lowest BCUT2D eigenvalue weighted by atomic mass is 9.84. The molecule has 8 aromatic carbocycles. The van der Waals surface area contributed by atoms with E-state index in [1.807, 2.05) is 133 Å². The number of ether oxygens (including phenoxy) is 6. The molecule has 14 nitrogen and oxygen atoms in total. The molecule has 16 heteroatoms. The molecule has 0 radical (unpaired) electrons. The molecule has 0 amide bonds. The summed E-state index contributed by atoms with van der Waals surface area (Å²) in [4.78, 5) is 29.7. The van der Waals surface area contributed by atoms with Crippen LogP contribution >= 0.6 is 15.2 Å². The molecule has 412 valence electrons. The standard InChI is InChI=1S/C64H62O14P2/c65-63(73-45-53-33-17-5-18-34-53)79(67,75-47-55-37-21-7-22-38-55)77-61-59(71-43-51-29-13-3-14-30-51)57(69-41-49-25-9-1-10-26-49)58(70-42-50-27-11-2-12-28-50)60(72-44-52-31-15-4-16-32-52)62(61)78-80(68,76-48-56-39-23-8-24-40-56)64(66)74-46-54-35-19-6-20-36-54/h1-40,57-62H,41-48H2/t57-,58-,59+,60+,61-,62+,79?,80?/m1/s1. The van der Waals surface area contributed by atoms with Gasteiger partial charge in [0.15, 0.2) is 0 Å². The van der Waals surface area contributed by atoms with Crippen LogP contribution in [0.3, 0.4) is 0 Å². The smallest absolute Gasteiger partial charge is 0.439 e. The van der Waals surface area contributed by atoms with Gasteiger partial charge in [0.25, 0.3) is 0 Å². The highest BCUT2D eigenvalue weighted by Gasteiger charge is 2.60. The topological polar surface area (TPSA) is 161 Å². The van der Waals surface area contributed by atoms with Crippen LogP contribution in [0.2, 0.25) is 0 Å². The molecule has 0 aromatic heterocycles. The van der Waals surface area contributed by atoms with Crippen molar-refractivity contribution in [3.63, 3.8) is 0 Å². The molecule has 0 bridgehead atoms. The Bertz CT molecular complexity index is 2990. The Kier molecular flexibility index (Phi) is 21.1. The molecular formula is C64H62O14P2. The minimum Gasteiger partial charge on any atom is -0.452 e. The molecule has 0 heterocycles. The van der Waals surface area contributed by atoms with Crippen LogP contribution in [0, 0.1) is 0 Å². The average Bonchev–Trinajstić information content (AvgIpc) is 3.53. The van der Waals surface area contributed by atoms with Crippen LogP contribution in [0.1, 0.15) is 44.5 Å². The van der Waals surface area contributed by atoms with E-state index in [0.717, 1.165) is 11.1 Å². The third-order valence-electron chi connectivity index (χ3n) is 13.0. The van der Waals surface area contributed by atoms with Crippen LogP contribution in [-0.4, -0.2) is 48.0 Å². The maximum absolute atomic E-state index is 16.0. The van der Waals surface area contributed by atoms with Crippen LogP contribution in [0.25, 0.3) is 0 Å². The van der Waals surface area contributed by atoms with Crippen molar-refractivity contribution < 1.29 is 65.2 Å². The van der Waals surface area contributed by atoms with Crippen molar-refractivity contribution in [3.05, 3.63) is 287 Å². The second-order valence-corrected chi connectivity index (χ2v) is 22.4. The highest BCUT2D eigenvalue weighted by Crippen LogP contribution is 2.59. The predicted octanol–water partition coefficient (Wildman–Crippen LogP) is 14.6. The Hall–Kier alpha value is -7.16. The second kappa shape index (κ2) is 29.3. The summed E-state index contributed by atoms with van der Waals surface area (Å²) < 4.78 is 97.8. The van der Waals surface area contributed by atoms with Gasteiger partial charge in [0.1, 0.15) is 49.8 Å². The van der Waals surface area contributed by atoms with Crippen molar-refractivity contribution in [2.45, 2.75) is 89.5 Å². The van der Waals surface area contributed by atoms with E-state index >= 15 is 9.13 Å². The van der Waals surface area contributed by atoms with Gasteiger partial charge in [-0.3, -0.25) is 18.1 Å². The lowest BCUT2D eigenvalue weighted by Gasteiger charge is -2.50. The average molecular weight is 1120 g/mol. The normalized spacial score (nSPS) is 19.4. The Labute approximate surface area is 466 Å². The molecule has 9 rings (SSSR count). The van der Waals surface area contributed by atoms with Crippen LogP contribution < -0.4 is 0 Å². The Morgan fingerprint density at radius 3 is 0.675 bits per heavy atom. The molecule has 1 aliphatic rings.